The predicted molar refractivity (Wildman–Crippen MR) is 134 cm³/mol. The van der Waals surface area contributed by atoms with E-state index in [9.17, 15) is 13.6 Å². The van der Waals surface area contributed by atoms with Gasteiger partial charge in [-0.05, 0) is 68.5 Å². The molecule has 0 bridgehead atoms. The van der Waals surface area contributed by atoms with E-state index < -0.39 is 11.6 Å². The van der Waals surface area contributed by atoms with Crippen LogP contribution in [0.15, 0.2) is 48.8 Å². The molecule has 5 rings (SSSR count). The van der Waals surface area contributed by atoms with Crippen molar-refractivity contribution in [1.29, 1.82) is 0 Å². The molecule has 182 valence electrons. The predicted octanol–water partition coefficient (Wildman–Crippen LogP) is 5.92. The third-order valence-electron chi connectivity index (χ3n) is 6.46. The summed E-state index contributed by atoms with van der Waals surface area (Å²) in [5.74, 6) is -1.24. The Bertz CT molecular complexity index is 1480. The van der Waals surface area contributed by atoms with Crippen LogP contribution < -0.4 is 10.6 Å². The van der Waals surface area contributed by atoms with Gasteiger partial charge in [0.15, 0.2) is 11.6 Å². The number of benzene rings is 1. The van der Waals surface area contributed by atoms with Gasteiger partial charge in [-0.1, -0.05) is 6.07 Å². The topological polar surface area (TPSA) is 87.1 Å². The Morgan fingerprint density at radius 2 is 2.00 bits per heavy atom. The normalized spacial score (nSPS) is 17.5. The van der Waals surface area contributed by atoms with Gasteiger partial charge in [-0.3, -0.25) is 9.78 Å². The zero-order valence-corrected chi connectivity index (χ0v) is 19.6. The van der Waals surface area contributed by atoms with Crippen LogP contribution in [0.2, 0.25) is 0 Å². The van der Waals surface area contributed by atoms with Gasteiger partial charge in [-0.2, -0.15) is 0 Å². The molecule has 1 amide bonds. The zero-order valence-electron chi connectivity index (χ0n) is 19.6. The van der Waals surface area contributed by atoms with Gasteiger partial charge in [0.2, 0.25) is 5.69 Å². The first-order chi connectivity index (χ1) is 17.4. The van der Waals surface area contributed by atoms with Crippen molar-refractivity contribution < 1.29 is 13.6 Å². The molecule has 9 heteroatoms. The van der Waals surface area contributed by atoms with Crippen LogP contribution in [-0.4, -0.2) is 32.9 Å². The molecular formula is C27H24F2N6O. The highest BCUT2D eigenvalue weighted by molar-refractivity contribution is 5.98. The third-order valence-corrected chi connectivity index (χ3v) is 6.46. The number of halogens is 2. The molecule has 1 aliphatic rings. The molecule has 4 aromatic rings. The molecule has 3 heterocycles. The Labute approximate surface area is 206 Å². The van der Waals surface area contributed by atoms with E-state index in [2.05, 4.69) is 30.4 Å². The molecule has 2 atom stereocenters. The van der Waals surface area contributed by atoms with E-state index in [-0.39, 0.29) is 35.2 Å². The van der Waals surface area contributed by atoms with Crippen molar-refractivity contribution in [2.24, 2.45) is 0 Å². The van der Waals surface area contributed by atoms with Gasteiger partial charge in [0.1, 0.15) is 11.5 Å². The number of H-pyrrole nitrogens is 1. The zero-order chi connectivity index (χ0) is 25.2. The maximum Gasteiger partial charge on any atom is 0.270 e. The minimum absolute atomic E-state index is 0.0292. The van der Waals surface area contributed by atoms with Crippen molar-refractivity contribution in [3.05, 3.63) is 83.1 Å². The Balaban J connectivity index is 1.39. The van der Waals surface area contributed by atoms with E-state index in [1.165, 1.54) is 6.07 Å². The molecule has 3 aromatic heterocycles. The lowest BCUT2D eigenvalue weighted by Gasteiger charge is -2.30. The van der Waals surface area contributed by atoms with Crippen molar-refractivity contribution in [1.82, 2.24) is 20.3 Å². The molecule has 1 aliphatic carbocycles. The first-order valence-corrected chi connectivity index (χ1v) is 11.8. The van der Waals surface area contributed by atoms with E-state index in [1.807, 2.05) is 6.07 Å². The number of hydrogen-bond donors (Lipinski definition) is 3. The molecule has 1 fully saturated rings. The second-order valence-corrected chi connectivity index (χ2v) is 9.06. The largest absolute Gasteiger partial charge is 0.365 e. The lowest BCUT2D eigenvalue weighted by molar-refractivity contribution is 0.0921. The fraction of sp³-hybridized carbons (Fsp3) is 0.259. The average molecular weight is 487 g/mol. The summed E-state index contributed by atoms with van der Waals surface area (Å²) in [7, 11) is 0. The molecule has 3 N–H and O–H groups in total. The molecular weight excluding hydrogens is 462 g/mol. The van der Waals surface area contributed by atoms with Crippen LogP contribution in [0, 0.1) is 25.1 Å². The van der Waals surface area contributed by atoms with Gasteiger partial charge in [0, 0.05) is 35.4 Å². The molecule has 0 saturated heterocycles. The van der Waals surface area contributed by atoms with E-state index in [4.69, 9.17) is 6.57 Å². The summed E-state index contributed by atoms with van der Waals surface area (Å²) >= 11 is 0. The van der Waals surface area contributed by atoms with Crippen molar-refractivity contribution in [2.45, 2.75) is 44.7 Å². The number of carbonyl (C=O) groups is 1. The summed E-state index contributed by atoms with van der Waals surface area (Å²) in [6.45, 7) is 9.31. The van der Waals surface area contributed by atoms with Crippen molar-refractivity contribution >= 4 is 28.3 Å². The molecule has 7 nitrogen and oxygen atoms in total. The quantitative estimate of drug-likeness (QED) is 0.306. The second kappa shape index (κ2) is 9.74. The summed E-state index contributed by atoms with van der Waals surface area (Å²) in [6, 6.07) is 9.36. The molecule has 36 heavy (non-hydrogen) atoms. The monoisotopic (exact) mass is 486 g/mol. The van der Waals surface area contributed by atoms with Crippen LogP contribution in [0.5, 0.6) is 0 Å². The Hall–Kier alpha value is -4.32. The van der Waals surface area contributed by atoms with Gasteiger partial charge < -0.3 is 15.6 Å². The van der Waals surface area contributed by atoms with Crippen LogP contribution in [-0.2, 0) is 0 Å². The lowest BCUT2D eigenvalue weighted by atomic mass is 9.90. The van der Waals surface area contributed by atoms with Gasteiger partial charge >= 0.3 is 0 Å². The number of aryl methyl sites for hydroxylation is 1. The standard InChI is InChI=1S/C27H24F2N6O/c1-15-10-18-19(14-32-24(18)20(28)11-15)25-23(30-2)13-21(29)26(35-25)33-16-6-5-7-17(12-16)34-27(36)22-8-3-4-9-31-22/h3-4,8-11,13-14,16-17,32H,5-7,12H2,1H3,(H,33,35)(H,34,36)/t16-,17+/m0/s1. The fourth-order valence-electron chi connectivity index (χ4n) is 4.78. The lowest BCUT2D eigenvalue weighted by Crippen LogP contribution is -2.42. The Morgan fingerprint density at radius 3 is 2.78 bits per heavy atom. The van der Waals surface area contributed by atoms with Crippen molar-refractivity contribution in [3.63, 3.8) is 0 Å². The Morgan fingerprint density at radius 1 is 1.17 bits per heavy atom. The summed E-state index contributed by atoms with van der Waals surface area (Å²) in [6.07, 6.45) is 6.21. The van der Waals surface area contributed by atoms with Crippen LogP contribution in [0.1, 0.15) is 41.7 Å². The van der Waals surface area contributed by atoms with Crippen LogP contribution in [0.4, 0.5) is 20.3 Å². The first-order valence-electron chi connectivity index (χ1n) is 11.8. The Kier molecular flexibility index (Phi) is 6.34. The van der Waals surface area contributed by atoms with Crippen LogP contribution in [0.25, 0.3) is 27.0 Å². The van der Waals surface area contributed by atoms with Gasteiger partial charge in [-0.25, -0.2) is 18.6 Å². The maximum atomic E-state index is 15.0. The SMILES string of the molecule is [C-]#[N+]c1cc(F)c(N[C@H]2CCC[C@@H](NC(=O)c3ccccn3)C2)nc1-c1c[nH]c2c(F)cc(C)cc12. The third kappa shape index (κ3) is 4.62. The van der Waals surface area contributed by atoms with Crippen LogP contribution >= 0.6 is 0 Å². The average Bonchev–Trinajstić information content (AvgIpc) is 3.29. The molecule has 1 aromatic carbocycles. The van der Waals surface area contributed by atoms with Crippen molar-refractivity contribution in [3.8, 4) is 11.3 Å². The molecule has 1 saturated carbocycles. The number of fused-ring (bicyclic) bond motifs is 1. The van der Waals surface area contributed by atoms with Gasteiger partial charge in [0.25, 0.3) is 5.91 Å². The molecule has 0 aliphatic heterocycles. The van der Waals surface area contributed by atoms with E-state index in [0.29, 0.717) is 28.6 Å². The summed E-state index contributed by atoms with van der Waals surface area (Å²) in [5.41, 5.74) is 2.25. The molecule has 0 radical (unpaired) electrons. The number of nitrogens with zero attached hydrogens (tertiary/aromatic N) is 3. The number of hydrogen-bond acceptors (Lipinski definition) is 4. The van der Waals surface area contributed by atoms with Gasteiger partial charge in [0.05, 0.1) is 17.8 Å². The van der Waals surface area contributed by atoms with E-state index in [0.717, 1.165) is 30.9 Å². The minimum atomic E-state index is -0.633. The highest BCUT2D eigenvalue weighted by Gasteiger charge is 2.26. The number of pyridine rings is 2. The minimum Gasteiger partial charge on any atom is -0.365 e. The van der Waals surface area contributed by atoms with Gasteiger partial charge in [-0.15, -0.1) is 0 Å². The second-order valence-electron chi connectivity index (χ2n) is 9.06. The number of anilines is 1. The number of amides is 1. The van der Waals surface area contributed by atoms with Crippen LogP contribution in [0.3, 0.4) is 0 Å². The summed E-state index contributed by atoms with van der Waals surface area (Å²) < 4.78 is 29.4. The molecule has 0 unspecified atom stereocenters. The first kappa shape index (κ1) is 23.4. The number of nitrogens with one attached hydrogen (secondary N) is 3. The van der Waals surface area contributed by atoms with E-state index in [1.54, 1.807) is 37.5 Å². The number of rotatable bonds is 5. The highest BCUT2D eigenvalue weighted by Crippen LogP contribution is 2.37. The maximum absolute atomic E-state index is 15.0. The number of carbonyl (C=O) groups excluding carboxylic acids is 1. The number of aromatic amines is 1. The van der Waals surface area contributed by atoms with E-state index >= 15 is 0 Å². The smallest absolute Gasteiger partial charge is 0.270 e. The summed E-state index contributed by atoms with van der Waals surface area (Å²) in [4.78, 5) is 27.4. The summed E-state index contributed by atoms with van der Waals surface area (Å²) in [5, 5.41) is 6.77. The van der Waals surface area contributed by atoms with Crippen molar-refractivity contribution in [2.75, 3.05) is 5.32 Å². The number of aromatic nitrogens is 3. The molecule has 0 spiro atoms. The fourth-order valence-corrected chi connectivity index (χ4v) is 4.78. The highest BCUT2D eigenvalue weighted by atomic mass is 19.1.